The summed E-state index contributed by atoms with van der Waals surface area (Å²) >= 11 is 0. The molecule has 8 heteroatoms. The van der Waals surface area contributed by atoms with E-state index in [0.29, 0.717) is 6.42 Å². The monoisotopic (exact) mass is 450 g/mol. The summed E-state index contributed by atoms with van der Waals surface area (Å²) in [6, 6.07) is 22.6. The quantitative estimate of drug-likeness (QED) is 0.618. The summed E-state index contributed by atoms with van der Waals surface area (Å²) in [5, 5.41) is 12.1. The first kappa shape index (κ1) is 21.9. The summed E-state index contributed by atoms with van der Waals surface area (Å²) in [7, 11) is 1.90. The first-order valence-corrected chi connectivity index (χ1v) is 11.7. The molecular formula is C24H26N4O3S. The van der Waals surface area contributed by atoms with Crippen molar-refractivity contribution in [1.82, 2.24) is 0 Å². The summed E-state index contributed by atoms with van der Waals surface area (Å²) < 4.78 is 28.6. The van der Waals surface area contributed by atoms with E-state index in [1.54, 1.807) is 19.2 Å². The van der Waals surface area contributed by atoms with Gasteiger partial charge >= 0.3 is 0 Å². The van der Waals surface area contributed by atoms with Crippen molar-refractivity contribution in [2.75, 3.05) is 31.1 Å². The van der Waals surface area contributed by atoms with Crippen molar-refractivity contribution in [3.05, 3.63) is 83.9 Å². The Labute approximate surface area is 188 Å². The zero-order valence-electron chi connectivity index (χ0n) is 18.3. The highest BCUT2D eigenvalue weighted by Gasteiger charge is 2.30. The molecule has 3 aromatic rings. The molecule has 1 unspecified atom stereocenters. The van der Waals surface area contributed by atoms with E-state index in [1.165, 1.54) is 12.1 Å². The molecule has 0 saturated carbocycles. The lowest BCUT2D eigenvalue weighted by molar-refractivity contribution is 0.414. The number of sulfonamides is 1. The molecule has 1 aliphatic rings. The Kier molecular flexibility index (Phi) is 5.90. The van der Waals surface area contributed by atoms with Gasteiger partial charge in [0.05, 0.1) is 29.4 Å². The molecule has 1 aliphatic heterocycles. The van der Waals surface area contributed by atoms with Gasteiger partial charge in [0.25, 0.3) is 0 Å². The van der Waals surface area contributed by atoms with E-state index in [1.807, 2.05) is 49.4 Å². The van der Waals surface area contributed by atoms with Crippen LogP contribution in [-0.4, -0.2) is 35.3 Å². The molecule has 2 N–H and O–H groups in total. The lowest BCUT2D eigenvalue weighted by Gasteiger charge is -2.24. The van der Waals surface area contributed by atoms with Crippen LogP contribution in [0.15, 0.2) is 82.8 Å². The van der Waals surface area contributed by atoms with Crippen molar-refractivity contribution in [2.45, 2.75) is 17.4 Å². The molecule has 4 rings (SSSR count). The zero-order valence-corrected chi connectivity index (χ0v) is 19.1. The zero-order chi connectivity index (χ0) is 22.9. The number of primary sulfonamides is 1. The first-order chi connectivity index (χ1) is 15.3. The number of methoxy groups -OCH3 is 1. The minimum atomic E-state index is -3.76. The van der Waals surface area contributed by atoms with E-state index in [0.717, 1.165) is 34.0 Å². The first-order valence-electron chi connectivity index (χ1n) is 10.2. The predicted octanol–water partition coefficient (Wildman–Crippen LogP) is 3.76. The van der Waals surface area contributed by atoms with Gasteiger partial charge in [0, 0.05) is 26.2 Å². The van der Waals surface area contributed by atoms with Crippen LogP contribution < -0.4 is 19.8 Å². The summed E-state index contributed by atoms with van der Waals surface area (Å²) in [6.07, 6.45) is 0.708. The van der Waals surface area contributed by atoms with Gasteiger partial charge in [-0.3, -0.25) is 5.01 Å². The van der Waals surface area contributed by atoms with Gasteiger partial charge in [0.1, 0.15) is 5.75 Å². The fourth-order valence-electron chi connectivity index (χ4n) is 3.76. The Hall–Kier alpha value is -3.36. The third-order valence-electron chi connectivity index (χ3n) is 5.54. The summed E-state index contributed by atoms with van der Waals surface area (Å²) in [6.45, 7) is 0. The standard InChI is InChI=1S/C24H26N4O3S/c1-27(2)20-6-4-5-18(15-20)23-16-24(17-7-11-21(31-3)12-8-17)28(26-23)19-9-13-22(14-10-19)32(25,29)30/h4-15,24H,16H2,1-3H3,(H2,25,29,30). The molecule has 0 aromatic heterocycles. The van der Waals surface area contributed by atoms with Crippen molar-refractivity contribution >= 4 is 27.1 Å². The molecule has 1 heterocycles. The molecular weight excluding hydrogens is 424 g/mol. The second-order valence-electron chi connectivity index (χ2n) is 7.87. The number of nitrogens with zero attached hydrogens (tertiary/aromatic N) is 3. The average molecular weight is 451 g/mol. The Morgan fingerprint density at radius 1 is 1.03 bits per heavy atom. The molecule has 0 fully saturated rings. The number of rotatable bonds is 6. The van der Waals surface area contributed by atoms with E-state index in [9.17, 15) is 8.42 Å². The third kappa shape index (κ3) is 4.46. The second-order valence-corrected chi connectivity index (χ2v) is 9.43. The van der Waals surface area contributed by atoms with Crippen LogP contribution in [0.2, 0.25) is 0 Å². The van der Waals surface area contributed by atoms with Crippen LogP contribution in [0.4, 0.5) is 11.4 Å². The molecule has 7 nitrogen and oxygen atoms in total. The van der Waals surface area contributed by atoms with Crippen LogP contribution >= 0.6 is 0 Å². The lowest BCUT2D eigenvalue weighted by atomic mass is 9.98. The van der Waals surface area contributed by atoms with E-state index in [4.69, 9.17) is 15.0 Å². The summed E-state index contributed by atoms with van der Waals surface area (Å²) in [5.41, 5.74) is 4.99. The van der Waals surface area contributed by atoms with Crippen molar-refractivity contribution < 1.29 is 13.2 Å². The minimum Gasteiger partial charge on any atom is -0.497 e. The maximum absolute atomic E-state index is 11.7. The third-order valence-corrected chi connectivity index (χ3v) is 6.47. The van der Waals surface area contributed by atoms with Gasteiger partial charge in [-0.1, -0.05) is 24.3 Å². The molecule has 32 heavy (non-hydrogen) atoms. The fraction of sp³-hybridized carbons (Fsp3) is 0.208. The summed E-state index contributed by atoms with van der Waals surface area (Å²) in [5.74, 6) is 0.788. The molecule has 0 aliphatic carbocycles. The van der Waals surface area contributed by atoms with Crippen molar-refractivity contribution in [3.63, 3.8) is 0 Å². The van der Waals surface area contributed by atoms with Crippen LogP contribution in [-0.2, 0) is 10.0 Å². The highest BCUT2D eigenvalue weighted by molar-refractivity contribution is 7.89. The van der Waals surface area contributed by atoms with Crippen LogP contribution in [0.1, 0.15) is 23.6 Å². The molecule has 166 valence electrons. The second kappa shape index (κ2) is 8.64. The Morgan fingerprint density at radius 2 is 1.72 bits per heavy atom. The van der Waals surface area contributed by atoms with Crippen LogP contribution in [0.25, 0.3) is 0 Å². The maximum Gasteiger partial charge on any atom is 0.238 e. The van der Waals surface area contributed by atoms with E-state index < -0.39 is 10.0 Å². The predicted molar refractivity (Wildman–Crippen MR) is 128 cm³/mol. The normalized spacial score (nSPS) is 16.1. The van der Waals surface area contributed by atoms with Gasteiger partial charge < -0.3 is 9.64 Å². The molecule has 0 radical (unpaired) electrons. The minimum absolute atomic E-state index is 0.0424. The number of nitrogens with two attached hydrogens (primary N) is 1. The van der Waals surface area contributed by atoms with Gasteiger partial charge in [0.15, 0.2) is 0 Å². The van der Waals surface area contributed by atoms with E-state index in [2.05, 4.69) is 23.1 Å². The molecule has 0 spiro atoms. The van der Waals surface area contributed by atoms with E-state index in [-0.39, 0.29) is 10.9 Å². The smallest absolute Gasteiger partial charge is 0.238 e. The summed E-state index contributed by atoms with van der Waals surface area (Å²) in [4.78, 5) is 2.13. The SMILES string of the molecule is COc1ccc(C2CC(c3cccc(N(C)C)c3)=NN2c2ccc(S(N)(=O)=O)cc2)cc1. The number of benzene rings is 3. The Balaban J connectivity index is 1.74. The van der Waals surface area contributed by atoms with Gasteiger partial charge in [-0.15, -0.1) is 0 Å². The van der Waals surface area contributed by atoms with Gasteiger partial charge in [0.2, 0.25) is 10.0 Å². The maximum atomic E-state index is 11.7. The number of ether oxygens (including phenoxy) is 1. The lowest BCUT2D eigenvalue weighted by Crippen LogP contribution is -2.19. The number of anilines is 2. The topological polar surface area (TPSA) is 88.2 Å². The molecule has 3 aromatic carbocycles. The van der Waals surface area contributed by atoms with Crippen LogP contribution in [0.3, 0.4) is 0 Å². The number of hydrazone groups is 1. The van der Waals surface area contributed by atoms with Crippen molar-refractivity contribution in [2.24, 2.45) is 10.2 Å². The van der Waals surface area contributed by atoms with Gasteiger partial charge in [-0.2, -0.15) is 5.10 Å². The molecule has 1 atom stereocenters. The molecule has 0 saturated heterocycles. The Morgan fingerprint density at radius 3 is 2.31 bits per heavy atom. The van der Waals surface area contributed by atoms with Crippen molar-refractivity contribution in [1.29, 1.82) is 0 Å². The molecule has 0 amide bonds. The highest BCUT2D eigenvalue weighted by Crippen LogP contribution is 2.37. The molecule has 0 bridgehead atoms. The van der Waals surface area contributed by atoms with Gasteiger partial charge in [-0.25, -0.2) is 13.6 Å². The number of hydrogen-bond donors (Lipinski definition) is 1. The van der Waals surface area contributed by atoms with Crippen molar-refractivity contribution in [3.8, 4) is 5.75 Å². The highest BCUT2D eigenvalue weighted by atomic mass is 32.2. The average Bonchev–Trinajstić information content (AvgIpc) is 3.24. The largest absolute Gasteiger partial charge is 0.497 e. The van der Waals surface area contributed by atoms with Crippen LogP contribution in [0, 0.1) is 0 Å². The fourth-order valence-corrected chi connectivity index (χ4v) is 4.28. The Bertz CT molecular complexity index is 1240. The van der Waals surface area contributed by atoms with E-state index >= 15 is 0 Å². The van der Waals surface area contributed by atoms with Gasteiger partial charge in [-0.05, 0) is 59.7 Å². The van der Waals surface area contributed by atoms with Crippen LogP contribution in [0.5, 0.6) is 5.75 Å². The number of hydrogen-bond acceptors (Lipinski definition) is 6.